The molecule has 2 aromatic rings. The Kier molecular flexibility index (Phi) is 4.41. The second-order valence-corrected chi connectivity index (χ2v) is 5.03. The SMILES string of the molecule is C/C(=N/NC(=O)Cc1cccs1)c1ccc(F)cc1. The van der Waals surface area contributed by atoms with E-state index in [4.69, 9.17) is 0 Å². The third kappa shape index (κ3) is 3.99. The quantitative estimate of drug-likeness (QED) is 0.677. The van der Waals surface area contributed by atoms with Crippen molar-refractivity contribution in [2.75, 3.05) is 0 Å². The molecule has 19 heavy (non-hydrogen) atoms. The van der Waals surface area contributed by atoms with Crippen molar-refractivity contribution >= 4 is 23.0 Å². The molecule has 1 amide bonds. The number of nitrogens with zero attached hydrogens (tertiary/aromatic N) is 1. The number of thiophene rings is 1. The summed E-state index contributed by atoms with van der Waals surface area (Å²) in [6.45, 7) is 1.76. The van der Waals surface area contributed by atoms with Gasteiger partial charge >= 0.3 is 0 Å². The molecule has 0 aliphatic heterocycles. The number of hydrogen-bond acceptors (Lipinski definition) is 3. The molecule has 2 rings (SSSR count). The van der Waals surface area contributed by atoms with Gasteiger partial charge in [0.1, 0.15) is 5.82 Å². The van der Waals surface area contributed by atoms with Gasteiger partial charge in [0.05, 0.1) is 12.1 Å². The fraction of sp³-hybridized carbons (Fsp3) is 0.143. The molecule has 1 aromatic carbocycles. The van der Waals surface area contributed by atoms with Crippen LogP contribution in [0.1, 0.15) is 17.4 Å². The number of carbonyl (C=O) groups is 1. The molecule has 0 saturated carbocycles. The summed E-state index contributed by atoms with van der Waals surface area (Å²) in [4.78, 5) is 12.6. The zero-order valence-electron chi connectivity index (χ0n) is 10.4. The summed E-state index contributed by atoms with van der Waals surface area (Å²) in [6.07, 6.45) is 0.317. The molecule has 0 saturated heterocycles. The van der Waals surface area contributed by atoms with Crippen LogP contribution in [-0.2, 0) is 11.2 Å². The average molecular weight is 276 g/mol. The molecule has 0 bridgehead atoms. The summed E-state index contributed by atoms with van der Waals surface area (Å²) in [6, 6.07) is 9.78. The van der Waals surface area contributed by atoms with Gasteiger partial charge in [-0.3, -0.25) is 4.79 Å². The maximum absolute atomic E-state index is 12.8. The molecule has 3 nitrogen and oxygen atoms in total. The monoisotopic (exact) mass is 276 g/mol. The van der Waals surface area contributed by atoms with Crippen molar-refractivity contribution in [1.29, 1.82) is 0 Å². The number of hydrogen-bond donors (Lipinski definition) is 1. The van der Waals surface area contributed by atoms with E-state index in [-0.39, 0.29) is 11.7 Å². The Hall–Kier alpha value is -2.01. The largest absolute Gasteiger partial charge is 0.273 e. The van der Waals surface area contributed by atoms with E-state index in [0.717, 1.165) is 10.4 Å². The van der Waals surface area contributed by atoms with Gasteiger partial charge in [-0.25, -0.2) is 9.82 Å². The van der Waals surface area contributed by atoms with Crippen LogP contribution < -0.4 is 5.43 Å². The molecular weight excluding hydrogens is 263 g/mol. The molecule has 0 unspecified atom stereocenters. The van der Waals surface area contributed by atoms with Gasteiger partial charge in [-0.2, -0.15) is 5.10 Å². The molecule has 0 aliphatic carbocycles. The summed E-state index contributed by atoms with van der Waals surface area (Å²) in [5, 5.41) is 5.93. The van der Waals surface area contributed by atoms with E-state index in [1.54, 1.807) is 19.1 Å². The second kappa shape index (κ2) is 6.24. The Balaban J connectivity index is 1.94. The predicted molar refractivity (Wildman–Crippen MR) is 74.8 cm³/mol. The summed E-state index contributed by atoms with van der Waals surface area (Å²) in [5.41, 5.74) is 3.91. The fourth-order valence-electron chi connectivity index (χ4n) is 1.51. The van der Waals surface area contributed by atoms with Crippen LogP contribution in [0.4, 0.5) is 4.39 Å². The summed E-state index contributed by atoms with van der Waals surface area (Å²) in [5.74, 6) is -0.456. The van der Waals surface area contributed by atoms with Crippen molar-refractivity contribution in [3.05, 3.63) is 58.0 Å². The van der Waals surface area contributed by atoms with Crippen LogP contribution in [0.5, 0.6) is 0 Å². The van der Waals surface area contributed by atoms with Crippen LogP contribution in [0.3, 0.4) is 0 Å². The molecule has 0 fully saturated rings. The molecular formula is C14H13FN2OS. The van der Waals surface area contributed by atoms with Crippen molar-refractivity contribution in [2.24, 2.45) is 5.10 Å². The van der Waals surface area contributed by atoms with E-state index in [1.165, 1.54) is 23.5 Å². The van der Waals surface area contributed by atoms with Gasteiger partial charge in [0.2, 0.25) is 5.91 Å². The van der Waals surface area contributed by atoms with E-state index in [2.05, 4.69) is 10.5 Å². The highest BCUT2D eigenvalue weighted by molar-refractivity contribution is 7.10. The van der Waals surface area contributed by atoms with Crippen molar-refractivity contribution in [1.82, 2.24) is 5.43 Å². The van der Waals surface area contributed by atoms with Crippen molar-refractivity contribution < 1.29 is 9.18 Å². The van der Waals surface area contributed by atoms with Gasteiger partial charge < -0.3 is 0 Å². The van der Waals surface area contributed by atoms with Crippen molar-refractivity contribution in [3.8, 4) is 0 Å². The summed E-state index contributed by atoms with van der Waals surface area (Å²) in [7, 11) is 0. The zero-order chi connectivity index (χ0) is 13.7. The number of halogens is 1. The molecule has 0 spiro atoms. The number of amides is 1. The number of hydrazone groups is 1. The first kappa shape index (κ1) is 13.4. The molecule has 0 aliphatic rings. The van der Waals surface area contributed by atoms with E-state index >= 15 is 0 Å². The van der Waals surface area contributed by atoms with Crippen LogP contribution in [-0.4, -0.2) is 11.6 Å². The van der Waals surface area contributed by atoms with Gasteiger partial charge in [-0.15, -0.1) is 11.3 Å². The topological polar surface area (TPSA) is 41.5 Å². The Morgan fingerprint density at radius 1 is 1.32 bits per heavy atom. The lowest BCUT2D eigenvalue weighted by Gasteiger charge is -2.02. The van der Waals surface area contributed by atoms with Crippen LogP contribution in [0.2, 0.25) is 0 Å². The predicted octanol–water partition coefficient (Wildman–Crippen LogP) is 2.97. The van der Waals surface area contributed by atoms with Crippen LogP contribution >= 0.6 is 11.3 Å². The minimum Gasteiger partial charge on any atom is -0.273 e. The molecule has 5 heteroatoms. The highest BCUT2D eigenvalue weighted by atomic mass is 32.1. The average Bonchev–Trinajstić information content (AvgIpc) is 2.89. The lowest BCUT2D eigenvalue weighted by Crippen LogP contribution is -2.20. The first-order chi connectivity index (χ1) is 9.15. The van der Waals surface area contributed by atoms with Gasteiger partial charge in [0.25, 0.3) is 0 Å². The van der Waals surface area contributed by atoms with Crippen molar-refractivity contribution in [3.63, 3.8) is 0 Å². The lowest BCUT2D eigenvalue weighted by molar-refractivity contribution is -0.120. The highest BCUT2D eigenvalue weighted by Gasteiger charge is 2.04. The Morgan fingerprint density at radius 3 is 2.68 bits per heavy atom. The normalized spacial score (nSPS) is 11.4. The summed E-state index contributed by atoms with van der Waals surface area (Å²) < 4.78 is 12.8. The van der Waals surface area contributed by atoms with Gasteiger partial charge in [-0.05, 0) is 36.1 Å². The smallest absolute Gasteiger partial charge is 0.245 e. The number of nitrogens with one attached hydrogen (secondary N) is 1. The Morgan fingerprint density at radius 2 is 2.05 bits per heavy atom. The Labute approximate surface area is 114 Å². The molecule has 1 heterocycles. The van der Waals surface area contributed by atoms with E-state index in [9.17, 15) is 9.18 Å². The first-order valence-electron chi connectivity index (χ1n) is 5.76. The standard InChI is InChI=1S/C14H13FN2OS/c1-10(11-4-6-12(15)7-5-11)16-17-14(18)9-13-3-2-8-19-13/h2-8H,9H2,1H3,(H,17,18)/b16-10-. The van der Waals surface area contributed by atoms with Crippen LogP contribution in [0, 0.1) is 5.82 Å². The number of benzene rings is 1. The van der Waals surface area contributed by atoms with Gasteiger partial charge in [0.15, 0.2) is 0 Å². The maximum Gasteiger partial charge on any atom is 0.245 e. The van der Waals surface area contributed by atoms with E-state index in [0.29, 0.717) is 12.1 Å². The highest BCUT2D eigenvalue weighted by Crippen LogP contribution is 2.09. The molecule has 98 valence electrons. The zero-order valence-corrected chi connectivity index (χ0v) is 11.2. The lowest BCUT2D eigenvalue weighted by atomic mass is 10.1. The van der Waals surface area contributed by atoms with Crippen molar-refractivity contribution in [2.45, 2.75) is 13.3 Å². The Bertz CT molecular complexity index is 576. The summed E-state index contributed by atoms with van der Waals surface area (Å²) >= 11 is 1.53. The third-order valence-electron chi connectivity index (χ3n) is 2.53. The minimum absolute atomic E-state index is 0.163. The molecule has 1 N–H and O–H groups in total. The van der Waals surface area contributed by atoms with Gasteiger partial charge in [0, 0.05) is 4.88 Å². The van der Waals surface area contributed by atoms with E-state index < -0.39 is 0 Å². The molecule has 0 radical (unpaired) electrons. The fourth-order valence-corrected chi connectivity index (χ4v) is 2.22. The molecule has 0 atom stereocenters. The minimum atomic E-state index is -0.293. The van der Waals surface area contributed by atoms with Gasteiger partial charge in [-0.1, -0.05) is 18.2 Å². The number of rotatable bonds is 4. The molecule has 1 aromatic heterocycles. The first-order valence-corrected chi connectivity index (χ1v) is 6.64. The maximum atomic E-state index is 12.8. The van der Waals surface area contributed by atoms with E-state index in [1.807, 2.05) is 17.5 Å². The number of carbonyl (C=O) groups excluding carboxylic acids is 1. The second-order valence-electron chi connectivity index (χ2n) is 4.00. The van der Waals surface area contributed by atoms with Crippen LogP contribution in [0.25, 0.3) is 0 Å². The van der Waals surface area contributed by atoms with Crippen LogP contribution in [0.15, 0.2) is 46.9 Å². The third-order valence-corrected chi connectivity index (χ3v) is 3.40.